The second kappa shape index (κ2) is 4.76. The minimum absolute atomic E-state index is 0. The van der Waals surface area contributed by atoms with E-state index in [-0.39, 0.29) is 12.4 Å². The Morgan fingerprint density at radius 1 is 1.13 bits per heavy atom. The molecule has 86 valence electrons. The van der Waals surface area contributed by atoms with Crippen molar-refractivity contribution in [3.8, 4) is 0 Å². The Balaban J connectivity index is 0.00000196. The van der Waals surface area contributed by atoms with Crippen LogP contribution < -0.4 is 5.73 Å². The molecule has 1 aromatic carbocycles. The molecule has 0 unspecified atom stereocenters. The summed E-state index contributed by atoms with van der Waals surface area (Å²) in [6.45, 7) is 0. The van der Waals surface area contributed by atoms with Crippen molar-refractivity contribution in [2.24, 2.45) is 5.73 Å². The zero-order chi connectivity index (χ0) is 10.9. The van der Waals surface area contributed by atoms with Gasteiger partial charge in [0.25, 0.3) is 0 Å². The summed E-state index contributed by atoms with van der Waals surface area (Å²) in [6.07, 6.45) is -4.74. The molecule has 0 bridgehead atoms. The SMILES string of the molecule is Cl.N[C@@H](c1ccc(F)cc1F)C(F)(F)F. The van der Waals surface area contributed by atoms with E-state index in [1.807, 2.05) is 0 Å². The topological polar surface area (TPSA) is 26.0 Å². The van der Waals surface area contributed by atoms with Gasteiger partial charge in [-0.3, -0.25) is 0 Å². The molecule has 0 fully saturated rings. The third kappa shape index (κ3) is 3.32. The second-order valence-electron chi connectivity index (χ2n) is 2.69. The fraction of sp³-hybridized carbons (Fsp3) is 0.250. The van der Waals surface area contributed by atoms with Gasteiger partial charge in [0, 0.05) is 11.6 Å². The second-order valence-corrected chi connectivity index (χ2v) is 2.69. The molecule has 0 saturated carbocycles. The van der Waals surface area contributed by atoms with Gasteiger partial charge in [0.05, 0.1) is 0 Å². The number of rotatable bonds is 1. The molecule has 0 aliphatic carbocycles. The average molecular weight is 248 g/mol. The summed E-state index contributed by atoms with van der Waals surface area (Å²) < 4.78 is 61.2. The van der Waals surface area contributed by atoms with Crippen LogP contribution >= 0.6 is 12.4 Å². The highest BCUT2D eigenvalue weighted by atomic mass is 35.5. The van der Waals surface area contributed by atoms with Gasteiger partial charge in [-0.25, -0.2) is 8.78 Å². The summed E-state index contributed by atoms with van der Waals surface area (Å²) >= 11 is 0. The van der Waals surface area contributed by atoms with Gasteiger partial charge in [-0.15, -0.1) is 12.4 Å². The van der Waals surface area contributed by atoms with Crippen molar-refractivity contribution in [2.75, 3.05) is 0 Å². The van der Waals surface area contributed by atoms with E-state index < -0.39 is 29.4 Å². The van der Waals surface area contributed by atoms with Crippen LogP contribution in [0.5, 0.6) is 0 Å². The molecule has 0 amide bonds. The maximum atomic E-state index is 12.8. The summed E-state index contributed by atoms with van der Waals surface area (Å²) in [7, 11) is 0. The molecule has 7 heteroatoms. The number of hydrogen-bond acceptors (Lipinski definition) is 1. The zero-order valence-electron chi connectivity index (χ0n) is 7.18. The molecule has 15 heavy (non-hydrogen) atoms. The van der Waals surface area contributed by atoms with E-state index in [0.29, 0.717) is 12.1 Å². The van der Waals surface area contributed by atoms with Crippen molar-refractivity contribution in [3.05, 3.63) is 35.4 Å². The van der Waals surface area contributed by atoms with Crippen LogP contribution in [0.15, 0.2) is 18.2 Å². The van der Waals surface area contributed by atoms with Crippen LogP contribution in [0.1, 0.15) is 11.6 Å². The molecule has 0 aliphatic heterocycles. The first kappa shape index (κ1) is 14.1. The fourth-order valence-corrected chi connectivity index (χ4v) is 0.930. The number of halogens is 6. The van der Waals surface area contributed by atoms with Gasteiger partial charge in [-0.2, -0.15) is 13.2 Å². The summed E-state index contributed by atoms with van der Waals surface area (Å²) in [5.41, 5.74) is 3.97. The van der Waals surface area contributed by atoms with Gasteiger partial charge >= 0.3 is 6.18 Å². The Morgan fingerprint density at radius 2 is 1.67 bits per heavy atom. The molecule has 0 aromatic heterocycles. The molecular weight excluding hydrogens is 241 g/mol. The standard InChI is InChI=1S/C8H6F5N.ClH/c9-4-1-2-5(6(10)3-4)7(14)8(11,12)13;/h1-3,7H,14H2;1H/t7-;/m0./s1. The van der Waals surface area contributed by atoms with Gasteiger partial charge in [-0.05, 0) is 6.07 Å². The van der Waals surface area contributed by atoms with Crippen molar-refractivity contribution in [1.82, 2.24) is 0 Å². The normalized spacial score (nSPS) is 13.2. The third-order valence-corrected chi connectivity index (χ3v) is 1.65. The van der Waals surface area contributed by atoms with Crippen molar-refractivity contribution >= 4 is 12.4 Å². The van der Waals surface area contributed by atoms with Crippen molar-refractivity contribution in [1.29, 1.82) is 0 Å². The Labute approximate surface area is 88.5 Å². The van der Waals surface area contributed by atoms with E-state index in [0.717, 1.165) is 6.07 Å². The smallest absolute Gasteiger partial charge is 0.316 e. The molecule has 0 aliphatic rings. The first-order valence-electron chi connectivity index (χ1n) is 3.59. The predicted octanol–water partition coefficient (Wildman–Crippen LogP) is 2.95. The summed E-state index contributed by atoms with van der Waals surface area (Å²) in [5.74, 6) is -2.24. The predicted molar refractivity (Wildman–Crippen MR) is 46.6 cm³/mol. The van der Waals surface area contributed by atoms with E-state index in [2.05, 4.69) is 0 Å². The van der Waals surface area contributed by atoms with Crippen LogP contribution in [0.3, 0.4) is 0 Å². The lowest BCUT2D eigenvalue weighted by Gasteiger charge is -2.16. The third-order valence-electron chi connectivity index (χ3n) is 1.65. The van der Waals surface area contributed by atoms with Crippen LogP contribution in [0.25, 0.3) is 0 Å². The summed E-state index contributed by atoms with van der Waals surface area (Å²) in [6, 6.07) is -0.656. The van der Waals surface area contributed by atoms with Crippen LogP contribution in [-0.4, -0.2) is 6.18 Å². The van der Waals surface area contributed by atoms with Crippen LogP contribution in [0.2, 0.25) is 0 Å². The minimum Gasteiger partial charge on any atom is -0.316 e. The molecule has 1 atom stereocenters. The van der Waals surface area contributed by atoms with Crippen molar-refractivity contribution in [2.45, 2.75) is 12.2 Å². The number of alkyl halides is 3. The zero-order valence-corrected chi connectivity index (χ0v) is 8.00. The van der Waals surface area contributed by atoms with Gasteiger partial charge in [0.2, 0.25) is 0 Å². The van der Waals surface area contributed by atoms with Gasteiger partial charge in [0.1, 0.15) is 17.7 Å². The maximum Gasteiger partial charge on any atom is 0.407 e. The molecule has 0 radical (unpaired) electrons. The molecule has 1 rings (SSSR count). The first-order chi connectivity index (χ1) is 6.32. The quantitative estimate of drug-likeness (QED) is 0.759. The van der Waals surface area contributed by atoms with E-state index >= 15 is 0 Å². The molecular formula is C8H7ClF5N. The molecule has 1 nitrogen and oxygen atoms in total. The number of hydrogen-bond donors (Lipinski definition) is 1. The minimum atomic E-state index is -4.74. The Kier molecular flexibility index (Phi) is 4.48. The molecule has 2 N–H and O–H groups in total. The highest BCUT2D eigenvalue weighted by Crippen LogP contribution is 2.31. The molecule has 0 saturated heterocycles. The van der Waals surface area contributed by atoms with Gasteiger partial charge in [-0.1, -0.05) is 6.07 Å². The number of benzene rings is 1. The Morgan fingerprint density at radius 3 is 2.07 bits per heavy atom. The van der Waals surface area contributed by atoms with Crippen LogP contribution in [-0.2, 0) is 0 Å². The summed E-state index contributed by atoms with van der Waals surface area (Å²) in [4.78, 5) is 0. The Hall–Kier alpha value is -0.880. The molecule has 0 spiro atoms. The summed E-state index contributed by atoms with van der Waals surface area (Å²) in [5, 5.41) is 0. The Bertz CT molecular complexity index is 338. The van der Waals surface area contributed by atoms with Crippen LogP contribution in [0, 0.1) is 11.6 Å². The highest BCUT2D eigenvalue weighted by molar-refractivity contribution is 5.85. The van der Waals surface area contributed by atoms with E-state index in [4.69, 9.17) is 5.73 Å². The highest BCUT2D eigenvalue weighted by Gasteiger charge is 2.39. The lowest BCUT2D eigenvalue weighted by molar-refractivity contribution is -0.149. The van der Waals surface area contributed by atoms with Crippen molar-refractivity contribution < 1.29 is 22.0 Å². The van der Waals surface area contributed by atoms with Crippen LogP contribution in [0.4, 0.5) is 22.0 Å². The van der Waals surface area contributed by atoms with E-state index in [1.165, 1.54) is 0 Å². The number of nitrogens with two attached hydrogens (primary N) is 1. The first-order valence-corrected chi connectivity index (χ1v) is 3.59. The average Bonchev–Trinajstić information content (AvgIpc) is 2.01. The largest absolute Gasteiger partial charge is 0.407 e. The fourth-order valence-electron chi connectivity index (χ4n) is 0.930. The van der Waals surface area contributed by atoms with E-state index in [9.17, 15) is 22.0 Å². The lowest BCUT2D eigenvalue weighted by Crippen LogP contribution is -2.29. The van der Waals surface area contributed by atoms with Crippen molar-refractivity contribution in [3.63, 3.8) is 0 Å². The van der Waals surface area contributed by atoms with Gasteiger partial charge < -0.3 is 5.73 Å². The lowest BCUT2D eigenvalue weighted by atomic mass is 10.1. The molecule has 0 heterocycles. The van der Waals surface area contributed by atoms with E-state index in [1.54, 1.807) is 0 Å². The van der Waals surface area contributed by atoms with Gasteiger partial charge in [0.15, 0.2) is 0 Å². The maximum absolute atomic E-state index is 12.8. The molecule has 1 aromatic rings. The monoisotopic (exact) mass is 247 g/mol.